The molecule has 0 fully saturated rings. The van der Waals surface area contributed by atoms with Crippen LogP contribution in [0.1, 0.15) is 0 Å². The average Bonchev–Trinajstić information content (AvgIpc) is 2.85. The lowest BCUT2D eigenvalue weighted by atomic mass is 10.5. The molecule has 0 saturated carbocycles. The summed E-state index contributed by atoms with van der Waals surface area (Å²) in [4.78, 5) is 9.33. The molecule has 0 unspecified atom stereocenters. The molecule has 0 atom stereocenters. The Balaban J connectivity index is 2.30. The van der Waals surface area contributed by atoms with Crippen molar-refractivity contribution >= 4 is 17.4 Å². The zero-order chi connectivity index (χ0) is 10.3. The molecule has 0 N–H and O–H groups in total. The molecular weight excluding hydrogens is 218 g/mol. The summed E-state index contributed by atoms with van der Waals surface area (Å²) in [5.41, 5.74) is 0.555. The summed E-state index contributed by atoms with van der Waals surface area (Å²) in [5, 5.41) is 12.1. The van der Waals surface area contributed by atoms with Crippen molar-refractivity contribution < 1.29 is 0 Å². The van der Waals surface area contributed by atoms with E-state index in [0.717, 1.165) is 0 Å². The van der Waals surface area contributed by atoms with Crippen LogP contribution in [0.2, 0.25) is 5.15 Å². The predicted octanol–water partition coefficient (Wildman–Crippen LogP) is 0.358. The molecule has 15 heavy (non-hydrogen) atoms. The SMILES string of the molecule is Clc1nc2ncnn2cc1-n1nccn1. The largest absolute Gasteiger partial charge is 0.253 e. The third kappa shape index (κ3) is 1.24. The van der Waals surface area contributed by atoms with E-state index in [1.54, 1.807) is 18.6 Å². The predicted molar refractivity (Wildman–Crippen MR) is 50.7 cm³/mol. The van der Waals surface area contributed by atoms with Gasteiger partial charge in [0.2, 0.25) is 0 Å². The molecule has 3 aromatic heterocycles. The van der Waals surface area contributed by atoms with Gasteiger partial charge in [-0.3, -0.25) is 0 Å². The van der Waals surface area contributed by atoms with E-state index in [1.807, 2.05) is 0 Å². The van der Waals surface area contributed by atoms with E-state index in [2.05, 4.69) is 25.3 Å². The summed E-state index contributed by atoms with van der Waals surface area (Å²) in [6, 6.07) is 0. The molecule has 0 radical (unpaired) electrons. The van der Waals surface area contributed by atoms with Gasteiger partial charge < -0.3 is 0 Å². The van der Waals surface area contributed by atoms with Gasteiger partial charge in [-0.2, -0.15) is 25.3 Å². The molecule has 3 rings (SSSR count). The zero-order valence-electron chi connectivity index (χ0n) is 7.32. The van der Waals surface area contributed by atoms with Gasteiger partial charge in [0.25, 0.3) is 5.78 Å². The Hall–Kier alpha value is -2.02. The van der Waals surface area contributed by atoms with E-state index in [9.17, 15) is 0 Å². The minimum absolute atomic E-state index is 0.284. The van der Waals surface area contributed by atoms with Gasteiger partial charge in [0.05, 0.1) is 18.6 Å². The lowest BCUT2D eigenvalue weighted by molar-refractivity contribution is 0.736. The van der Waals surface area contributed by atoms with Crippen molar-refractivity contribution in [2.75, 3.05) is 0 Å². The highest BCUT2D eigenvalue weighted by Gasteiger charge is 2.08. The molecule has 0 aliphatic rings. The Bertz CT molecular complexity index is 599. The van der Waals surface area contributed by atoms with Gasteiger partial charge in [-0.05, 0) is 0 Å². The number of halogens is 1. The molecular formula is C7H4ClN7. The smallest absolute Gasteiger partial charge is 0.202 e. The molecule has 3 heterocycles. The van der Waals surface area contributed by atoms with Gasteiger partial charge in [0.1, 0.15) is 12.0 Å². The first-order valence-corrected chi connectivity index (χ1v) is 4.45. The van der Waals surface area contributed by atoms with Gasteiger partial charge in [0.15, 0.2) is 5.15 Å². The zero-order valence-corrected chi connectivity index (χ0v) is 8.07. The molecule has 0 aliphatic carbocycles. The van der Waals surface area contributed by atoms with Crippen LogP contribution in [0.4, 0.5) is 0 Å². The fourth-order valence-electron chi connectivity index (χ4n) is 1.20. The summed E-state index contributed by atoms with van der Waals surface area (Å²) in [7, 11) is 0. The van der Waals surface area contributed by atoms with Gasteiger partial charge in [-0.15, -0.1) is 4.80 Å². The summed E-state index contributed by atoms with van der Waals surface area (Å²) in [6.07, 6.45) is 6.18. The highest BCUT2D eigenvalue weighted by atomic mass is 35.5. The highest BCUT2D eigenvalue weighted by Crippen LogP contribution is 2.15. The Morgan fingerprint density at radius 1 is 1.13 bits per heavy atom. The quantitative estimate of drug-likeness (QED) is 0.555. The minimum atomic E-state index is 0.284. The van der Waals surface area contributed by atoms with Crippen molar-refractivity contribution in [1.29, 1.82) is 0 Å². The lowest BCUT2D eigenvalue weighted by Crippen LogP contribution is -2.04. The number of rotatable bonds is 1. The Morgan fingerprint density at radius 2 is 1.93 bits per heavy atom. The van der Waals surface area contributed by atoms with Crippen molar-refractivity contribution in [2.24, 2.45) is 0 Å². The van der Waals surface area contributed by atoms with Crippen LogP contribution in [-0.2, 0) is 0 Å². The molecule has 74 valence electrons. The van der Waals surface area contributed by atoms with Crippen molar-refractivity contribution in [3.05, 3.63) is 30.1 Å². The summed E-state index contributed by atoms with van der Waals surface area (Å²) >= 11 is 5.96. The van der Waals surface area contributed by atoms with E-state index < -0.39 is 0 Å². The topological polar surface area (TPSA) is 73.8 Å². The summed E-state index contributed by atoms with van der Waals surface area (Å²) < 4.78 is 1.50. The summed E-state index contributed by atoms with van der Waals surface area (Å²) in [5.74, 6) is 0.441. The van der Waals surface area contributed by atoms with Gasteiger partial charge in [0, 0.05) is 0 Å². The number of hydrogen-bond donors (Lipinski definition) is 0. The average molecular weight is 222 g/mol. The number of nitrogens with zero attached hydrogens (tertiary/aromatic N) is 7. The van der Waals surface area contributed by atoms with Crippen LogP contribution in [0.25, 0.3) is 11.5 Å². The van der Waals surface area contributed by atoms with Crippen LogP contribution in [-0.4, -0.2) is 34.6 Å². The van der Waals surface area contributed by atoms with Crippen LogP contribution in [0.3, 0.4) is 0 Å². The third-order valence-corrected chi connectivity index (χ3v) is 2.12. The number of aromatic nitrogens is 7. The Morgan fingerprint density at radius 3 is 2.73 bits per heavy atom. The molecule has 7 nitrogen and oxygen atoms in total. The molecule has 3 aromatic rings. The second-order valence-corrected chi connectivity index (χ2v) is 3.10. The number of hydrogen-bond acceptors (Lipinski definition) is 5. The van der Waals surface area contributed by atoms with E-state index in [4.69, 9.17) is 11.6 Å². The van der Waals surface area contributed by atoms with Crippen molar-refractivity contribution in [3.63, 3.8) is 0 Å². The fraction of sp³-hybridized carbons (Fsp3) is 0. The van der Waals surface area contributed by atoms with Gasteiger partial charge in [-0.25, -0.2) is 4.52 Å². The Labute approximate surface area is 88.3 Å². The first kappa shape index (κ1) is 8.30. The van der Waals surface area contributed by atoms with Crippen LogP contribution in [0.15, 0.2) is 24.9 Å². The molecule has 8 heteroatoms. The Kier molecular flexibility index (Phi) is 1.65. The first-order chi connectivity index (χ1) is 7.34. The molecule has 0 aliphatic heterocycles. The van der Waals surface area contributed by atoms with E-state index >= 15 is 0 Å². The van der Waals surface area contributed by atoms with Gasteiger partial charge in [-0.1, -0.05) is 11.6 Å². The van der Waals surface area contributed by atoms with Crippen LogP contribution in [0, 0.1) is 0 Å². The summed E-state index contributed by atoms with van der Waals surface area (Å²) in [6.45, 7) is 0. The van der Waals surface area contributed by atoms with Crippen molar-refractivity contribution in [1.82, 2.24) is 34.6 Å². The minimum Gasteiger partial charge on any atom is -0.202 e. The third-order valence-electron chi connectivity index (χ3n) is 1.84. The van der Waals surface area contributed by atoms with Crippen molar-refractivity contribution in [3.8, 4) is 5.69 Å². The number of fused-ring (bicyclic) bond motifs is 1. The monoisotopic (exact) mass is 221 g/mol. The normalized spacial score (nSPS) is 11.0. The first-order valence-electron chi connectivity index (χ1n) is 4.07. The fourth-order valence-corrected chi connectivity index (χ4v) is 1.40. The van der Waals surface area contributed by atoms with Gasteiger partial charge >= 0.3 is 0 Å². The maximum absolute atomic E-state index is 5.96. The van der Waals surface area contributed by atoms with E-state index in [0.29, 0.717) is 11.5 Å². The maximum Gasteiger partial charge on any atom is 0.253 e. The van der Waals surface area contributed by atoms with E-state index in [-0.39, 0.29) is 5.15 Å². The molecule has 0 spiro atoms. The van der Waals surface area contributed by atoms with E-state index in [1.165, 1.54) is 15.6 Å². The second-order valence-electron chi connectivity index (χ2n) is 2.74. The standard InChI is InChI=1S/C7H4ClN7/c8-6-5(15-10-1-2-11-15)3-14-7(13-6)9-4-12-14/h1-4H. The maximum atomic E-state index is 5.96. The molecule has 0 amide bonds. The van der Waals surface area contributed by atoms with Crippen LogP contribution >= 0.6 is 11.6 Å². The second kappa shape index (κ2) is 2.99. The van der Waals surface area contributed by atoms with Crippen LogP contribution in [0.5, 0.6) is 0 Å². The highest BCUT2D eigenvalue weighted by molar-refractivity contribution is 6.31. The molecule has 0 bridgehead atoms. The molecule has 0 saturated heterocycles. The van der Waals surface area contributed by atoms with Crippen molar-refractivity contribution in [2.45, 2.75) is 0 Å². The lowest BCUT2D eigenvalue weighted by Gasteiger charge is -2.01. The van der Waals surface area contributed by atoms with Crippen LogP contribution < -0.4 is 0 Å². The molecule has 0 aromatic carbocycles.